The molecular formula is C15H21N3O3. The number of nitrogens with zero attached hydrogens (tertiary/aromatic N) is 2. The molecule has 0 radical (unpaired) electrons. The number of aromatic nitrogens is 2. The molecule has 1 atom stereocenters. The van der Waals surface area contributed by atoms with E-state index in [1.807, 2.05) is 30.3 Å². The van der Waals surface area contributed by atoms with Crippen LogP contribution < -0.4 is 5.32 Å². The SMILES string of the molecule is COCC(CNCc1nc(Cc2ccccc2)no1)OC. The Morgan fingerprint density at radius 2 is 2.05 bits per heavy atom. The molecule has 0 aliphatic heterocycles. The zero-order valence-corrected chi connectivity index (χ0v) is 12.4. The topological polar surface area (TPSA) is 69.4 Å². The Morgan fingerprint density at radius 1 is 1.24 bits per heavy atom. The predicted molar refractivity (Wildman–Crippen MR) is 77.9 cm³/mol. The van der Waals surface area contributed by atoms with Crippen molar-refractivity contribution in [3.05, 3.63) is 47.6 Å². The Morgan fingerprint density at radius 3 is 2.76 bits per heavy atom. The quantitative estimate of drug-likeness (QED) is 0.753. The van der Waals surface area contributed by atoms with Crippen LogP contribution in [0.4, 0.5) is 0 Å². The number of benzene rings is 1. The summed E-state index contributed by atoms with van der Waals surface area (Å²) in [6, 6.07) is 10.1. The summed E-state index contributed by atoms with van der Waals surface area (Å²) in [6.07, 6.45) is 0.691. The lowest BCUT2D eigenvalue weighted by atomic mass is 10.1. The zero-order valence-electron chi connectivity index (χ0n) is 12.4. The van der Waals surface area contributed by atoms with Gasteiger partial charge >= 0.3 is 0 Å². The highest BCUT2D eigenvalue weighted by Gasteiger charge is 2.09. The van der Waals surface area contributed by atoms with Gasteiger partial charge in [-0.3, -0.25) is 0 Å². The third-order valence-corrected chi connectivity index (χ3v) is 3.05. The van der Waals surface area contributed by atoms with E-state index in [9.17, 15) is 0 Å². The van der Waals surface area contributed by atoms with E-state index in [-0.39, 0.29) is 6.10 Å². The van der Waals surface area contributed by atoms with E-state index in [1.165, 1.54) is 0 Å². The van der Waals surface area contributed by atoms with Gasteiger partial charge in [0.15, 0.2) is 5.82 Å². The van der Waals surface area contributed by atoms with Crippen molar-refractivity contribution < 1.29 is 14.0 Å². The Balaban J connectivity index is 1.78. The zero-order chi connectivity index (χ0) is 14.9. The maximum atomic E-state index is 5.26. The minimum absolute atomic E-state index is 0.0155. The van der Waals surface area contributed by atoms with E-state index in [0.29, 0.717) is 37.8 Å². The highest BCUT2D eigenvalue weighted by Crippen LogP contribution is 2.06. The monoisotopic (exact) mass is 291 g/mol. The normalized spacial score (nSPS) is 12.5. The molecule has 114 valence electrons. The minimum Gasteiger partial charge on any atom is -0.382 e. The lowest BCUT2D eigenvalue weighted by molar-refractivity contribution is 0.0284. The van der Waals surface area contributed by atoms with Gasteiger partial charge in [-0.15, -0.1) is 0 Å². The summed E-state index contributed by atoms with van der Waals surface area (Å²) >= 11 is 0. The third-order valence-electron chi connectivity index (χ3n) is 3.05. The summed E-state index contributed by atoms with van der Waals surface area (Å²) in [6.45, 7) is 1.73. The summed E-state index contributed by atoms with van der Waals surface area (Å²) < 4.78 is 15.5. The van der Waals surface area contributed by atoms with Gasteiger partial charge in [0.05, 0.1) is 19.3 Å². The van der Waals surface area contributed by atoms with Gasteiger partial charge in [0, 0.05) is 27.2 Å². The van der Waals surface area contributed by atoms with Crippen molar-refractivity contribution in [2.24, 2.45) is 0 Å². The molecule has 1 unspecified atom stereocenters. The molecule has 21 heavy (non-hydrogen) atoms. The van der Waals surface area contributed by atoms with Crippen LogP contribution in [0.1, 0.15) is 17.3 Å². The summed E-state index contributed by atoms with van der Waals surface area (Å²) in [5.41, 5.74) is 1.16. The van der Waals surface area contributed by atoms with E-state index in [1.54, 1.807) is 14.2 Å². The van der Waals surface area contributed by atoms with Gasteiger partial charge in [0.2, 0.25) is 5.89 Å². The van der Waals surface area contributed by atoms with E-state index < -0.39 is 0 Å². The first kappa shape index (κ1) is 15.6. The summed E-state index contributed by atoms with van der Waals surface area (Å²) in [5.74, 6) is 1.27. The number of ether oxygens (including phenoxy) is 2. The maximum Gasteiger partial charge on any atom is 0.240 e. The van der Waals surface area contributed by atoms with Crippen LogP contribution in [-0.4, -0.2) is 43.6 Å². The number of methoxy groups -OCH3 is 2. The highest BCUT2D eigenvalue weighted by atomic mass is 16.5. The molecule has 0 spiro atoms. The highest BCUT2D eigenvalue weighted by molar-refractivity contribution is 5.18. The summed E-state index contributed by atoms with van der Waals surface area (Å²) in [5, 5.41) is 7.20. The van der Waals surface area contributed by atoms with Crippen molar-refractivity contribution in [1.29, 1.82) is 0 Å². The van der Waals surface area contributed by atoms with Crippen LogP contribution in [0.2, 0.25) is 0 Å². The van der Waals surface area contributed by atoms with Gasteiger partial charge < -0.3 is 19.3 Å². The Hall–Kier alpha value is -1.76. The molecule has 1 aromatic carbocycles. The van der Waals surface area contributed by atoms with Crippen LogP contribution in [0.3, 0.4) is 0 Å². The lowest BCUT2D eigenvalue weighted by Gasteiger charge is -2.13. The summed E-state index contributed by atoms with van der Waals surface area (Å²) in [4.78, 5) is 4.36. The maximum absolute atomic E-state index is 5.26. The standard InChI is InChI=1S/C15H21N3O3/c1-19-11-13(20-2)9-16-10-15-17-14(18-21-15)8-12-6-4-3-5-7-12/h3-7,13,16H,8-11H2,1-2H3. The van der Waals surface area contributed by atoms with E-state index in [4.69, 9.17) is 14.0 Å². The molecule has 2 aromatic rings. The largest absolute Gasteiger partial charge is 0.382 e. The van der Waals surface area contributed by atoms with Gasteiger partial charge in [-0.2, -0.15) is 4.98 Å². The molecule has 0 saturated heterocycles. The van der Waals surface area contributed by atoms with Crippen LogP contribution in [0, 0.1) is 0 Å². The van der Waals surface area contributed by atoms with Crippen LogP contribution in [0.15, 0.2) is 34.9 Å². The molecule has 0 bridgehead atoms. The first-order chi connectivity index (χ1) is 10.3. The van der Waals surface area contributed by atoms with Gasteiger partial charge in [0.1, 0.15) is 0 Å². The molecule has 0 saturated carbocycles. The molecule has 0 amide bonds. The minimum atomic E-state index is 0.0155. The van der Waals surface area contributed by atoms with E-state index in [2.05, 4.69) is 15.5 Å². The van der Waals surface area contributed by atoms with Crippen LogP contribution in [0.5, 0.6) is 0 Å². The fraction of sp³-hybridized carbons (Fsp3) is 0.467. The molecular weight excluding hydrogens is 270 g/mol. The number of nitrogens with one attached hydrogen (secondary N) is 1. The second kappa shape index (κ2) is 8.51. The Kier molecular flexibility index (Phi) is 6.33. The van der Waals surface area contributed by atoms with Crippen LogP contribution >= 0.6 is 0 Å². The average molecular weight is 291 g/mol. The van der Waals surface area contributed by atoms with Crippen molar-refractivity contribution >= 4 is 0 Å². The second-order valence-corrected chi connectivity index (χ2v) is 4.71. The molecule has 0 aliphatic carbocycles. The van der Waals surface area contributed by atoms with Crippen molar-refractivity contribution in [2.45, 2.75) is 19.1 Å². The van der Waals surface area contributed by atoms with Crippen molar-refractivity contribution in [3.63, 3.8) is 0 Å². The molecule has 0 aliphatic rings. The number of rotatable bonds is 9. The summed E-state index contributed by atoms with van der Waals surface area (Å²) in [7, 11) is 3.32. The van der Waals surface area contributed by atoms with Gasteiger partial charge in [-0.25, -0.2) is 0 Å². The van der Waals surface area contributed by atoms with E-state index in [0.717, 1.165) is 5.56 Å². The molecule has 6 nitrogen and oxygen atoms in total. The molecule has 1 heterocycles. The lowest BCUT2D eigenvalue weighted by Crippen LogP contribution is -2.31. The van der Waals surface area contributed by atoms with Gasteiger partial charge in [0.25, 0.3) is 0 Å². The molecule has 1 aromatic heterocycles. The average Bonchev–Trinajstić information content (AvgIpc) is 2.95. The van der Waals surface area contributed by atoms with Crippen molar-refractivity contribution in [3.8, 4) is 0 Å². The van der Waals surface area contributed by atoms with Crippen molar-refractivity contribution in [2.75, 3.05) is 27.4 Å². The molecule has 2 rings (SSSR count). The molecule has 6 heteroatoms. The third kappa shape index (κ3) is 5.26. The first-order valence-corrected chi connectivity index (χ1v) is 6.89. The van der Waals surface area contributed by atoms with Crippen molar-refractivity contribution in [1.82, 2.24) is 15.5 Å². The smallest absolute Gasteiger partial charge is 0.240 e. The van der Waals surface area contributed by atoms with Crippen LogP contribution in [0.25, 0.3) is 0 Å². The van der Waals surface area contributed by atoms with Crippen LogP contribution in [-0.2, 0) is 22.4 Å². The van der Waals surface area contributed by atoms with Gasteiger partial charge in [-0.05, 0) is 5.56 Å². The molecule has 1 N–H and O–H groups in total. The second-order valence-electron chi connectivity index (χ2n) is 4.71. The fourth-order valence-electron chi connectivity index (χ4n) is 1.95. The number of hydrogen-bond donors (Lipinski definition) is 1. The number of hydrogen-bond acceptors (Lipinski definition) is 6. The fourth-order valence-corrected chi connectivity index (χ4v) is 1.95. The Bertz CT molecular complexity index is 516. The predicted octanol–water partition coefficient (Wildman–Crippen LogP) is 1.41. The van der Waals surface area contributed by atoms with E-state index >= 15 is 0 Å². The first-order valence-electron chi connectivity index (χ1n) is 6.89. The Labute approximate surface area is 124 Å². The molecule has 0 fully saturated rings. The van der Waals surface area contributed by atoms with Gasteiger partial charge in [-0.1, -0.05) is 35.5 Å².